The third-order valence-corrected chi connectivity index (χ3v) is 4.51. The minimum atomic E-state index is -0.165. The van der Waals surface area contributed by atoms with Gasteiger partial charge in [-0.25, -0.2) is 0 Å². The maximum absolute atomic E-state index is 12.0. The molecule has 2 aromatic carbocycles. The van der Waals surface area contributed by atoms with E-state index in [2.05, 4.69) is 10.6 Å². The molecule has 0 bridgehead atoms. The summed E-state index contributed by atoms with van der Waals surface area (Å²) in [4.78, 5) is 23.3. The quantitative estimate of drug-likeness (QED) is 0.682. The summed E-state index contributed by atoms with van der Waals surface area (Å²) in [7, 11) is 0. The number of amides is 2. The largest absolute Gasteiger partial charge is 0.484 e. The zero-order valence-corrected chi connectivity index (χ0v) is 16.0. The second-order valence-corrected chi connectivity index (χ2v) is 6.86. The normalized spacial score (nSPS) is 10.2. The summed E-state index contributed by atoms with van der Waals surface area (Å²) in [5, 5.41) is 6.18. The van der Waals surface area contributed by atoms with Crippen molar-refractivity contribution in [1.82, 2.24) is 5.32 Å². The molecule has 0 aliphatic rings. The lowest BCUT2D eigenvalue weighted by molar-refractivity contribution is -0.123. The van der Waals surface area contributed by atoms with Crippen molar-refractivity contribution in [2.45, 2.75) is 12.7 Å². The topological polar surface area (TPSA) is 67.4 Å². The van der Waals surface area contributed by atoms with E-state index >= 15 is 0 Å². The molecule has 138 valence electrons. The van der Waals surface area contributed by atoms with Gasteiger partial charge in [-0.05, 0) is 48.9 Å². The lowest BCUT2D eigenvalue weighted by Gasteiger charge is -2.08. The summed E-state index contributed by atoms with van der Waals surface area (Å²) in [5.74, 6) is 1.40. The molecule has 2 N–H and O–H groups in total. The number of rotatable bonds is 9. The fourth-order valence-electron chi connectivity index (χ4n) is 2.12. The molecule has 2 aromatic rings. The molecule has 0 saturated heterocycles. The smallest absolute Gasteiger partial charge is 0.257 e. The molecule has 0 unspecified atom stereocenters. The van der Waals surface area contributed by atoms with Crippen LogP contribution < -0.4 is 15.4 Å². The second kappa shape index (κ2) is 10.7. The third kappa shape index (κ3) is 7.37. The number of carbonyl (C=O) groups is 2. The van der Waals surface area contributed by atoms with Gasteiger partial charge in [0.1, 0.15) is 5.75 Å². The average molecular weight is 393 g/mol. The number of likely N-dealkylation sites (N-methyl/N-ethyl adjacent to an activating group) is 1. The van der Waals surface area contributed by atoms with Crippen LogP contribution in [0.1, 0.15) is 12.5 Å². The van der Waals surface area contributed by atoms with Crippen molar-refractivity contribution in [1.29, 1.82) is 0 Å². The Morgan fingerprint density at radius 2 is 1.88 bits per heavy atom. The fourth-order valence-corrected chi connectivity index (χ4v) is 3.10. The lowest BCUT2D eigenvalue weighted by Crippen LogP contribution is -2.28. The molecule has 0 heterocycles. The summed E-state index contributed by atoms with van der Waals surface area (Å²) in [6.07, 6.45) is 0. The van der Waals surface area contributed by atoms with Crippen LogP contribution in [0.2, 0.25) is 5.02 Å². The van der Waals surface area contributed by atoms with Crippen molar-refractivity contribution in [2.75, 3.05) is 24.2 Å². The first-order valence-electron chi connectivity index (χ1n) is 8.18. The zero-order valence-electron chi connectivity index (χ0n) is 14.5. The maximum atomic E-state index is 12.0. The van der Waals surface area contributed by atoms with Crippen LogP contribution in [0.3, 0.4) is 0 Å². The van der Waals surface area contributed by atoms with Crippen LogP contribution in [-0.2, 0) is 15.3 Å². The van der Waals surface area contributed by atoms with E-state index in [1.165, 1.54) is 11.8 Å². The molecule has 7 heteroatoms. The second-order valence-electron chi connectivity index (χ2n) is 5.44. The van der Waals surface area contributed by atoms with Gasteiger partial charge in [-0.1, -0.05) is 23.7 Å². The van der Waals surface area contributed by atoms with Crippen LogP contribution in [0.5, 0.6) is 5.75 Å². The highest BCUT2D eigenvalue weighted by Gasteiger charge is 2.05. The predicted octanol–water partition coefficient (Wildman–Crippen LogP) is 3.73. The van der Waals surface area contributed by atoms with Crippen molar-refractivity contribution in [3.8, 4) is 5.75 Å². The molecule has 0 atom stereocenters. The molecule has 0 radical (unpaired) electrons. The maximum Gasteiger partial charge on any atom is 0.257 e. The van der Waals surface area contributed by atoms with E-state index in [4.69, 9.17) is 16.3 Å². The summed E-state index contributed by atoms with van der Waals surface area (Å²) in [5.41, 5.74) is 1.77. The zero-order chi connectivity index (χ0) is 18.8. The van der Waals surface area contributed by atoms with E-state index in [0.717, 1.165) is 11.3 Å². The molecule has 0 aliphatic heterocycles. The minimum Gasteiger partial charge on any atom is -0.484 e. The molecule has 0 saturated carbocycles. The molecular formula is C19H21ClN2O3S. The SMILES string of the molecule is CCNC(=O)COc1ccc(NC(=O)CSCc2cccc(Cl)c2)cc1. The Labute approximate surface area is 162 Å². The van der Waals surface area contributed by atoms with E-state index < -0.39 is 0 Å². The minimum absolute atomic E-state index is 0.0281. The van der Waals surface area contributed by atoms with Crippen molar-refractivity contribution < 1.29 is 14.3 Å². The van der Waals surface area contributed by atoms with Gasteiger partial charge in [0.2, 0.25) is 5.91 Å². The highest BCUT2D eigenvalue weighted by Crippen LogP contribution is 2.18. The lowest BCUT2D eigenvalue weighted by atomic mass is 10.2. The van der Waals surface area contributed by atoms with Crippen LogP contribution in [0, 0.1) is 0 Å². The summed E-state index contributed by atoms with van der Waals surface area (Å²) >= 11 is 7.46. The molecule has 2 amide bonds. The van der Waals surface area contributed by atoms with E-state index in [0.29, 0.717) is 28.8 Å². The van der Waals surface area contributed by atoms with Gasteiger partial charge in [0, 0.05) is 23.0 Å². The van der Waals surface area contributed by atoms with Crippen LogP contribution in [0.15, 0.2) is 48.5 Å². The number of ether oxygens (including phenoxy) is 1. The molecular weight excluding hydrogens is 372 g/mol. The number of thioether (sulfide) groups is 1. The van der Waals surface area contributed by atoms with E-state index in [9.17, 15) is 9.59 Å². The average Bonchev–Trinajstić information content (AvgIpc) is 2.61. The number of nitrogens with one attached hydrogen (secondary N) is 2. The van der Waals surface area contributed by atoms with E-state index in [1.54, 1.807) is 24.3 Å². The number of hydrogen-bond donors (Lipinski definition) is 2. The van der Waals surface area contributed by atoms with Crippen LogP contribution >= 0.6 is 23.4 Å². The molecule has 2 rings (SSSR count). The Balaban J connectivity index is 1.72. The molecule has 0 fully saturated rings. The number of benzene rings is 2. The molecule has 0 spiro atoms. The first-order chi connectivity index (χ1) is 12.6. The van der Waals surface area contributed by atoms with Gasteiger partial charge in [-0.3, -0.25) is 9.59 Å². The van der Waals surface area contributed by atoms with Crippen molar-refractivity contribution in [3.63, 3.8) is 0 Å². The van der Waals surface area contributed by atoms with Gasteiger partial charge in [-0.2, -0.15) is 0 Å². The Hall–Kier alpha value is -2.18. The molecule has 0 aliphatic carbocycles. The third-order valence-electron chi connectivity index (χ3n) is 3.27. The van der Waals surface area contributed by atoms with Crippen LogP contribution in [0.4, 0.5) is 5.69 Å². The van der Waals surface area contributed by atoms with E-state index in [-0.39, 0.29) is 18.4 Å². The van der Waals surface area contributed by atoms with Gasteiger partial charge >= 0.3 is 0 Å². The van der Waals surface area contributed by atoms with Crippen LogP contribution in [-0.4, -0.2) is 30.7 Å². The molecule has 0 aromatic heterocycles. The van der Waals surface area contributed by atoms with Crippen molar-refractivity contribution >= 4 is 40.9 Å². The fraction of sp³-hybridized carbons (Fsp3) is 0.263. The van der Waals surface area contributed by atoms with E-state index in [1.807, 2.05) is 31.2 Å². The number of halogens is 1. The Morgan fingerprint density at radius 3 is 2.58 bits per heavy atom. The van der Waals surface area contributed by atoms with Crippen molar-refractivity contribution in [3.05, 3.63) is 59.1 Å². The molecule has 5 nitrogen and oxygen atoms in total. The van der Waals surface area contributed by atoms with Crippen molar-refractivity contribution in [2.24, 2.45) is 0 Å². The van der Waals surface area contributed by atoms with Gasteiger partial charge in [0.25, 0.3) is 5.91 Å². The Kier molecular flexibility index (Phi) is 8.31. The van der Waals surface area contributed by atoms with Crippen LogP contribution in [0.25, 0.3) is 0 Å². The van der Waals surface area contributed by atoms with Gasteiger partial charge in [-0.15, -0.1) is 11.8 Å². The summed E-state index contributed by atoms with van der Waals surface area (Å²) < 4.78 is 5.36. The standard InChI is InChI=1S/C19H21ClN2O3S/c1-2-21-18(23)11-25-17-8-6-16(7-9-17)22-19(24)13-26-12-14-4-3-5-15(20)10-14/h3-10H,2,11-13H2,1H3,(H,21,23)(H,22,24). The Bertz CT molecular complexity index is 738. The highest BCUT2D eigenvalue weighted by molar-refractivity contribution is 7.99. The monoisotopic (exact) mass is 392 g/mol. The summed E-state index contributed by atoms with van der Waals surface area (Å²) in [6, 6.07) is 14.5. The number of anilines is 1. The Morgan fingerprint density at radius 1 is 1.12 bits per heavy atom. The van der Waals surface area contributed by atoms with Gasteiger partial charge < -0.3 is 15.4 Å². The highest BCUT2D eigenvalue weighted by atomic mass is 35.5. The van der Waals surface area contributed by atoms with Gasteiger partial charge in [0.15, 0.2) is 6.61 Å². The van der Waals surface area contributed by atoms with Gasteiger partial charge in [0.05, 0.1) is 5.75 Å². The summed E-state index contributed by atoms with van der Waals surface area (Å²) in [6.45, 7) is 2.39. The number of carbonyl (C=O) groups excluding carboxylic acids is 2. The first kappa shape index (κ1) is 20.1. The molecule has 26 heavy (non-hydrogen) atoms. The predicted molar refractivity (Wildman–Crippen MR) is 107 cm³/mol. The number of hydrogen-bond acceptors (Lipinski definition) is 4. The first-order valence-corrected chi connectivity index (χ1v) is 9.71.